The topological polar surface area (TPSA) is 109 Å². The number of aliphatic hydroxyl groups is 2. The highest BCUT2D eigenvalue weighted by molar-refractivity contribution is 9.10. The lowest BCUT2D eigenvalue weighted by Crippen LogP contribution is -2.52. The molecule has 7 nitrogen and oxygen atoms in total. The highest BCUT2D eigenvalue weighted by Crippen LogP contribution is 2.69. The molecule has 3 N–H and O–H groups in total. The van der Waals surface area contributed by atoms with E-state index in [1.54, 1.807) is 48.5 Å². The Balaban J connectivity index is 1.89. The normalized spacial score (nSPS) is 30.3. The number of carbonyl (C=O) groups is 1. The van der Waals surface area contributed by atoms with Crippen molar-refractivity contribution in [3.63, 3.8) is 0 Å². The summed E-state index contributed by atoms with van der Waals surface area (Å²) in [6.45, 7) is 0. The first kappa shape index (κ1) is 20.9. The Bertz CT molecular complexity index is 1190. The molecule has 164 valence electrons. The first-order valence-electron chi connectivity index (χ1n) is 10.0. The number of pyridine rings is 1. The van der Waals surface area contributed by atoms with E-state index in [2.05, 4.69) is 20.9 Å². The van der Waals surface area contributed by atoms with Gasteiger partial charge in [-0.3, -0.25) is 9.78 Å². The summed E-state index contributed by atoms with van der Waals surface area (Å²) in [4.78, 5) is 16.6. The Morgan fingerprint density at radius 1 is 1.12 bits per heavy atom. The Labute approximate surface area is 192 Å². The molecule has 2 aliphatic rings. The minimum atomic E-state index is -2.12. The van der Waals surface area contributed by atoms with Crippen molar-refractivity contribution in [3.8, 4) is 11.5 Å². The van der Waals surface area contributed by atoms with Crippen molar-refractivity contribution in [2.45, 2.75) is 23.2 Å². The Morgan fingerprint density at radius 2 is 1.81 bits per heavy atom. The second kappa shape index (κ2) is 7.30. The maximum absolute atomic E-state index is 12.5. The number of carboxylic acids is 1. The molecule has 32 heavy (non-hydrogen) atoms. The van der Waals surface area contributed by atoms with Gasteiger partial charge in [0.25, 0.3) is 0 Å². The Kier molecular flexibility index (Phi) is 4.77. The zero-order valence-electron chi connectivity index (χ0n) is 17.0. The zero-order chi connectivity index (χ0) is 22.7. The molecule has 1 aromatic heterocycles. The van der Waals surface area contributed by atoms with Gasteiger partial charge in [0.1, 0.15) is 17.6 Å². The van der Waals surface area contributed by atoms with Gasteiger partial charge in [-0.25, -0.2) is 0 Å². The smallest absolute Gasteiger partial charge is 0.310 e. The fourth-order valence-corrected chi connectivity index (χ4v) is 5.63. The highest BCUT2D eigenvalue weighted by Gasteiger charge is 2.78. The Hall–Kier alpha value is -2.94. The van der Waals surface area contributed by atoms with E-state index in [1.165, 1.54) is 19.5 Å². The number of carboxylic acid groups (broad SMARTS) is 1. The predicted octanol–water partition coefficient (Wildman–Crippen LogP) is 3.19. The molecule has 3 aromatic rings. The molecule has 0 spiro atoms. The van der Waals surface area contributed by atoms with Crippen molar-refractivity contribution < 1.29 is 29.6 Å². The van der Waals surface area contributed by atoms with Gasteiger partial charge in [0.2, 0.25) is 0 Å². The fraction of sp³-hybridized carbons (Fsp3) is 0.250. The quantitative estimate of drug-likeness (QED) is 0.507. The third-order valence-electron chi connectivity index (χ3n) is 6.60. The molecule has 0 amide bonds. The van der Waals surface area contributed by atoms with E-state index in [0.29, 0.717) is 11.1 Å². The highest BCUT2D eigenvalue weighted by atomic mass is 79.9. The average molecular weight is 498 g/mol. The van der Waals surface area contributed by atoms with Crippen LogP contribution in [0.4, 0.5) is 0 Å². The largest absolute Gasteiger partial charge is 0.495 e. The number of aliphatic hydroxyl groups excluding tert-OH is 1. The summed E-state index contributed by atoms with van der Waals surface area (Å²) in [5, 5.41) is 34.0. The van der Waals surface area contributed by atoms with Crippen molar-refractivity contribution in [1.29, 1.82) is 0 Å². The molecule has 0 saturated heterocycles. The summed E-state index contributed by atoms with van der Waals surface area (Å²) in [7, 11) is 1.42. The molecule has 1 saturated carbocycles. The monoisotopic (exact) mass is 497 g/mol. The van der Waals surface area contributed by atoms with Crippen LogP contribution in [-0.2, 0) is 16.0 Å². The molecule has 1 aliphatic carbocycles. The molecule has 5 rings (SSSR count). The van der Waals surface area contributed by atoms with Crippen LogP contribution in [0.3, 0.4) is 0 Å². The van der Waals surface area contributed by atoms with Crippen molar-refractivity contribution in [3.05, 3.63) is 88.2 Å². The van der Waals surface area contributed by atoms with E-state index in [0.717, 1.165) is 4.47 Å². The summed E-state index contributed by atoms with van der Waals surface area (Å²) >= 11 is 3.42. The summed E-state index contributed by atoms with van der Waals surface area (Å²) in [5.41, 5.74) is -2.42. The molecule has 2 aromatic carbocycles. The van der Waals surface area contributed by atoms with Crippen LogP contribution in [0.2, 0.25) is 0 Å². The number of rotatable bonds is 4. The van der Waals surface area contributed by atoms with E-state index < -0.39 is 35.1 Å². The minimum Gasteiger partial charge on any atom is -0.495 e. The molecule has 1 aliphatic heterocycles. The predicted molar refractivity (Wildman–Crippen MR) is 117 cm³/mol. The van der Waals surface area contributed by atoms with Gasteiger partial charge in [-0.15, -0.1) is 0 Å². The molecule has 5 atom stereocenters. The lowest BCUT2D eigenvalue weighted by molar-refractivity contribution is -0.159. The number of hydrogen-bond donors (Lipinski definition) is 3. The first-order chi connectivity index (χ1) is 15.4. The van der Waals surface area contributed by atoms with Crippen LogP contribution in [0.15, 0.2) is 71.5 Å². The van der Waals surface area contributed by atoms with Crippen molar-refractivity contribution >= 4 is 21.9 Å². The molecular weight excluding hydrogens is 478 g/mol. The molecule has 2 heterocycles. The van der Waals surface area contributed by atoms with E-state index in [1.807, 2.05) is 6.07 Å². The van der Waals surface area contributed by atoms with Crippen molar-refractivity contribution in [2.24, 2.45) is 5.92 Å². The lowest BCUT2D eigenvalue weighted by atomic mass is 9.70. The SMILES string of the molecule is COc1cncc2c1C1(O)[C@H](O)[C@H](C(=O)O)C(c3ccccc3)C1(c1ccc(Br)cc1)O2. The molecule has 8 heteroatoms. The summed E-state index contributed by atoms with van der Waals surface area (Å²) < 4.78 is 12.7. The standard InChI is InChI=1S/C24H20BrNO6/c1-31-16-11-26-12-17-20(16)23(30)21(27)18(22(28)29)19(13-5-3-2-4-6-13)24(23,32-17)14-7-9-15(25)10-8-14/h2-12,18-19,21,27,30H,1H3,(H,28,29)/t18-,19?,21-,23?,24?/m1/s1. The van der Waals surface area contributed by atoms with Gasteiger partial charge < -0.3 is 24.8 Å². The number of aromatic nitrogens is 1. The van der Waals surface area contributed by atoms with Gasteiger partial charge in [0.05, 0.1) is 31.0 Å². The number of benzene rings is 2. The fourth-order valence-electron chi connectivity index (χ4n) is 5.37. The van der Waals surface area contributed by atoms with E-state index >= 15 is 0 Å². The number of methoxy groups -OCH3 is 1. The molecule has 0 bridgehead atoms. The van der Waals surface area contributed by atoms with Gasteiger partial charge in [0, 0.05) is 10.4 Å². The third-order valence-corrected chi connectivity index (χ3v) is 7.13. The van der Waals surface area contributed by atoms with Crippen LogP contribution in [0.1, 0.15) is 22.6 Å². The van der Waals surface area contributed by atoms with Crippen LogP contribution >= 0.6 is 15.9 Å². The number of hydrogen-bond acceptors (Lipinski definition) is 6. The van der Waals surface area contributed by atoms with Gasteiger partial charge in [0.15, 0.2) is 11.2 Å². The maximum Gasteiger partial charge on any atom is 0.310 e. The van der Waals surface area contributed by atoms with E-state index in [-0.39, 0.29) is 17.1 Å². The summed E-state index contributed by atoms with van der Waals surface area (Å²) in [6, 6.07) is 16.0. The maximum atomic E-state index is 12.5. The van der Waals surface area contributed by atoms with Crippen molar-refractivity contribution in [2.75, 3.05) is 7.11 Å². The van der Waals surface area contributed by atoms with Crippen LogP contribution < -0.4 is 9.47 Å². The molecule has 1 fully saturated rings. The number of ether oxygens (including phenoxy) is 2. The first-order valence-corrected chi connectivity index (χ1v) is 10.8. The summed E-state index contributed by atoms with van der Waals surface area (Å²) in [5.74, 6) is -3.06. The number of fused-ring (bicyclic) bond motifs is 3. The zero-order valence-corrected chi connectivity index (χ0v) is 18.6. The number of aliphatic carboxylic acids is 1. The second-order valence-electron chi connectivity index (χ2n) is 8.02. The number of nitrogens with zero attached hydrogens (tertiary/aromatic N) is 1. The van der Waals surface area contributed by atoms with Crippen LogP contribution in [0.5, 0.6) is 11.5 Å². The molecule has 3 unspecified atom stereocenters. The van der Waals surface area contributed by atoms with Crippen LogP contribution in [0.25, 0.3) is 0 Å². The second-order valence-corrected chi connectivity index (χ2v) is 8.94. The molecule has 0 radical (unpaired) electrons. The van der Waals surface area contributed by atoms with E-state index in [4.69, 9.17) is 9.47 Å². The third kappa shape index (κ3) is 2.54. The van der Waals surface area contributed by atoms with Gasteiger partial charge in [-0.2, -0.15) is 0 Å². The van der Waals surface area contributed by atoms with Gasteiger partial charge in [-0.1, -0.05) is 58.4 Å². The van der Waals surface area contributed by atoms with Crippen LogP contribution in [0, 0.1) is 5.92 Å². The lowest BCUT2D eigenvalue weighted by Gasteiger charge is -2.40. The number of halogens is 1. The van der Waals surface area contributed by atoms with Gasteiger partial charge in [-0.05, 0) is 23.3 Å². The van der Waals surface area contributed by atoms with Crippen molar-refractivity contribution in [1.82, 2.24) is 4.98 Å². The van der Waals surface area contributed by atoms with Gasteiger partial charge >= 0.3 is 5.97 Å². The van der Waals surface area contributed by atoms with E-state index in [9.17, 15) is 20.1 Å². The average Bonchev–Trinajstić information content (AvgIpc) is 3.18. The van der Waals surface area contributed by atoms with Crippen LogP contribution in [-0.4, -0.2) is 39.5 Å². The Morgan fingerprint density at radius 3 is 2.44 bits per heavy atom. The summed E-state index contributed by atoms with van der Waals surface area (Å²) in [6.07, 6.45) is 1.17. The molecular formula is C24H20BrNO6. The minimum absolute atomic E-state index is 0.190.